The number of hydrogen-bond donors (Lipinski definition) is 2. The van der Waals surface area contributed by atoms with Gasteiger partial charge in [-0.2, -0.15) is 0 Å². The van der Waals surface area contributed by atoms with Gasteiger partial charge in [-0.25, -0.2) is 0 Å². The topological polar surface area (TPSA) is 70.7 Å². The van der Waals surface area contributed by atoms with E-state index in [0.717, 1.165) is 29.0 Å². The summed E-state index contributed by atoms with van der Waals surface area (Å²) in [7, 11) is 3.38. The first kappa shape index (κ1) is 21.4. The van der Waals surface area contributed by atoms with Gasteiger partial charge in [-0.15, -0.1) is 0 Å². The number of methoxy groups -OCH3 is 1. The van der Waals surface area contributed by atoms with Gasteiger partial charge in [-0.05, 0) is 49.7 Å². The maximum atomic E-state index is 12.4. The molecule has 28 heavy (non-hydrogen) atoms. The lowest BCUT2D eigenvalue weighted by Crippen LogP contribution is -2.45. The number of hydrogen-bond acceptors (Lipinski definition) is 4. The summed E-state index contributed by atoms with van der Waals surface area (Å²) < 4.78 is 5.13. The van der Waals surface area contributed by atoms with Crippen LogP contribution in [0.15, 0.2) is 48.5 Å². The molecule has 0 aromatic heterocycles. The highest BCUT2D eigenvalue weighted by Gasteiger charge is 2.20. The van der Waals surface area contributed by atoms with Crippen molar-refractivity contribution in [1.82, 2.24) is 10.2 Å². The SMILES string of the molecule is CCc1ccccc1NC(=O)CN(C)[C@@H](C)C(=O)NCc1ccc(OC)cc1. The molecule has 0 heterocycles. The Hall–Kier alpha value is -2.86. The van der Waals surface area contributed by atoms with Gasteiger partial charge in [-0.1, -0.05) is 37.3 Å². The molecule has 0 aliphatic heterocycles. The number of para-hydroxylation sites is 1. The summed E-state index contributed by atoms with van der Waals surface area (Å²) in [6.45, 7) is 4.40. The molecule has 2 aromatic rings. The summed E-state index contributed by atoms with van der Waals surface area (Å²) in [5.74, 6) is 0.511. The number of carbonyl (C=O) groups excluding carboxylic acids is 2. The molecule has 6 nitrogen and oxygen atoms in total. The van der Waals surface area contributed by atoms with E-state index in [0.29, 0.717) is 6.54 Å². The quantitative estimate of drug-likeness (QED) is 0.699. The Bertz CT molecular complexity index is 790. The van der Waals surface area contributed by atoms with Crippen molar-refractivity contribution in [2.45, 2.75) is 32.9 Å². The summed E-state index contributed by atoms with van der Waals surface area (Å²) in [4.78, 5) is 26.5. The molecule has 2 rings (SSSR count). The fourth-order valence-electron chi connectivity index (χ4n) is 2.78. The van der Waals surface area contributed by atoms with Crippen molar-refractivity contribution in [2.24, 2.45) is 0 Å². The molecular formula is C22H29N3O3. The van der Waals surface area contributed by atoms with Crippen molar-refractivity contribution < 1.29 is 14.3 Å². The Morgan fingerprint density at radius 1 is 1.11 bits per heavy atom. The van der Waals surface area contributed by atoms with E-state index in [9.17, 15) is 9.59 Å². The van der Waals surface area contributed by atoms with Crippen LogP contribution in [0, 0.1) is 0 Å². The lowest BCUT2D eigenvalue weighted by atomic mass is 10.1. The van der Waals surface area contributed by atoms with Crippen LogP contribution in [-0.2, 0) is 22.6 Å². The Kier molecular flexibility index (Phi) is 8.02. The first-order valence-electron chi connectivity index (χ1n) is 9.43. The van der Waals surface area contributed by atoms with Crippen LogP contribution in [0.5, 0.6) is 5.75 Å². The summed E-state index contributed by atoms with van der Waals surface area (Å²) in [6, 6.07) is 14.8. The van der Waals surface area contributed by atoms with Gasteiger partial charge in [0.25, 0.3) is 0 Å². The van der Waals surface area contributed by atoms with Gasteiger partial charge < -0.3 is 15.4 Å². The molecule has 0 saturated heterocycles. The Morgan fingerprint density at radius 3 is 2.43 bits per heavy atom. The third kappa shape index (κ3) is 6.09. The highest BCUT2D eigenvalue weighted by molar-refractivity contribution is 5.93. The number of nitrogens with zero attached hydrogens (tertiary/aromatic N) is 1. The molecule has 0 saturated carbocycles. The lowest BCUT2D eigenvalue weighted by Gasteiger charge is -2.23. The van der Waals surface area contributed by atoms with Gasteiger partial charge >= 0.3 is 0 Å². The third-order valence-corrected chi connectivity index (χ3v) is 4.73. The molecule has 1 atom stereocenters. The van der Waals surface area contributed by atoms with E-state index < -0.39 is 6.04 Å². The normalized spacial score (nSPS) is 11.8. The number of carbonyl (C=O) groups is 2. The first-order valence-corrected chi connectivity index (χ1v) is 9.43. The van der Waals surface area contributed by atoms with Crippen LogP contribution in [0.1, 0.15) is 25.0 Å². The van der Waals surface area contributed by atoms with Crippen molar-refractivity contribution in [1.29, 1.82) is 0 Å². The predicted molar refractivity (Wildman–Crippen MR) is 111 cm³/mol. The molecule has 2 aromatic carbocycles. The van der Waals surface area contributed by atoms with Crippen molar-refractivity contribution in [3.8, 4) is 5.75 Å². The zero-order valence-corrected chi connectivity index (χ0v) is 17.0. The fraction of sp³-hybridized carbons (Fsp3) is 0.364. The van der Waals surface area contributed by atoms with E-state index in [1.165, 1.54) is 0 Å². The van der Waals surface area contributed by atoms with Crippen molar-refractivity contribution >= 4 is 17.5 Å². The average molecular weight is 383 g/mol. The van der Waals surface area contributed by atoms with Gasteiger partial charge in [0.05, 0.1) is 19.7 Å². The maximum absolute atomic E-state index is 12.4. The van der Waals surface area contributed by atoms with E-state index in [-0.39, 0.29) is 18.4 Å². The second-order valence-corrected chi connectivity index (χ2v) is 6.72. The predicted octanol–water partition coefficient (Wildman–Crippen LogP) is 2.83. The molecule has 0 radical (unpaired) electrons. The summed E-state index contributed by atoms with van der Waals surface area (Å²) in [5, 5.41) is 5.84. The van der Waals surface area contributed by atoms with Gasteiger partial charge in [-0.3, -0.25) is 14.5 Å². The van der Waals surface area contributed by atoms with Crippen LogP contribution < -0.4 is 15.4 Å². The van der Waals surface area contributed by atoms with E-state index in [1.54, 1.807) is 26.0 Å². The lowest BCUT2D eigenvalue weighted by molar-refractivity contribution is -0.126. The molecule has 0 spiro atoms. The number of aryl methyl sites for hydroxylation is 1. The van der Waals surface area contributed by atoms with Gasteiger partial charge in [0.1, 0.15) is 5.75 Å². The number of benzene rings is 2. The summed E-state index contributed by atoms with van der Waals surface area (Å²) >= 11 is 0. The van der Waals surface area contributed by atoms with E-state index in [1.807, 2.05) is 55.5 Å². The fourth-order valence-corrected chi connectivity index (χ4v) is 2.78. The second kappa shape index (κ2) is 10.5. The van der Waals surface area contributed by atoms with E-state index in [4.69, 9.17) is 4.74 Å². The number of likely N-dealkylation sites (N-methyl/N-ethyl adjacent to an activating group) is 1. The molecule has 2 N–H and O–H groups in total. The van der Waals surface area contributed by atoms with Crippen molar-refractivity contribution in [2.75, 3.05) is 26.0 Å². The monoisotopic (exact) mass is 383 g/mol. The summed E-state index contributed by atoms with van der Waals surface area (Å²) in [5.41, 5.74) is 2.89. The number of ether oxygens (including phenoxy) is 1. The number of anilines is 1. The zero-order chi connectivity index (χ0) is 20.5. The molecule has 0 bridgehead atoms. The molecule has 2 amide bonds. The smallest absolute Gasteiger partial charge is 0.238 e. The largest absolute Gasteiger partial charge is 0.497 e. The minimum absolute atomic E-state index is 0.125. The average Bonchev–Trinajstić information content (AvgIpc) is 2.72. The zero-order valence-electron chi connectivity index (χ0n) is 17.0. The standard InChI is InChI=1S/C22H29N3O3/c1-5-18-8-6-7-9-20(18)24-21(26)15-25(3)16(2)22(27)23-14-17-10-12-19(28-4)13-11-17/h6-13,16H,5,14-15H2,1-4H3,(H,23,27)(H,24,26)/t16-/m0/s1. The highest BCUT2D eigenvalue weighted by atomic mass is 16.5. The van der Waals surface area contributed by atoms with Crippen LogP contribution in [0.4, 0.5) is 5.69 Å². The van der Waals surface area contributed by atoms with Crippen LogP contribution in [0.25, 0.3) is 0 Å². The van der Waals surface area contributed by atoms with Crippen LogP contribution in [0.2, 0.25) is 0 Å². The van der Waals surface area contributed by atoms with Gasteiger partial charge in [0, 0.05) is 12.2 Å². The minimum atomic E-state index is -0.426. The van der Waals surface area contributed by atoms with Crippen molar-refractivity contribution in [3.63, 3.8) is 0 Å². The maximum Gasteiger partial charge on any atom is 0.238 e. The number of amides is 2. The van der Waals surface area contributed by atoms with Crippen molar-refractivity contribution in [3.05, 3.63) is 59.7 Å². The van der Waals surface area contributed by atoms with E-state index >= 15 is 0 Å². The molecule has 6 heteroatoms. The summed E-state index contributed by atoms with van der Waals surface area (Å²) in [6.07, 6.45) is 0.844. The third-order valence-electron chi connectivity index (χ3n) is 4.73. The molecule has 0 aliphatic carbocycles. The molecular weight excluding hydrogens is 354 g/mol. The van der Waals surface area contributed by atoms with Gasteiger partial charge in [0.2, 0.25) is 11.8 Å². The number of nitrogens with one attached hydrogen (secondary N) is 2. The molecule has 150 valence electrons. The van der Waals surface area contributed by atoms with E-state index in [2.05, 4.69) is 10.6 Å². The molecule has 0 aliphatic rings. The minimum Gasteiger partial charge on any atom is -0.497 e. The van der Waals surface area contributed by atoms with Crippen LogP contribution in [-0.4, -0.2) is 43.5 Å². The van der Waals surface area contributed by atoms with Gasteiger partial charge in [0.15, 0.2) is 0 Å². The van der Waals surface area contributed by atoms with Crippen LogP contribution >= 0.6 is 0 Å². The molecule has 0 fully saturated rings. The first-order chi connectivity index (χ1) is 13.4. The molecule has 0 unspecified atom stereocenters. The van der Waals surface area contributed by atoms with Crippen LogP contribution in [0.3, 0.4) is 0 Å². The Balaban J connectivity index is 1.83. The Morgan fingerprint density at radius 2 is 1.79 bits per heavy atom. The highest BCUT2D eigenvalue weighted by Crippen LogP contribution is 2.15. The number of rotatable bonds is 9. The second-order valence-electron chi connectivity index (χ2n) is 6.72. The Labute approximate surface area is 166 Å².